The lowest BCUT2D eigenvalue weighted by molar-refractivity contribution is -0.143. The number of aromatic nitrogens is 2. The van der Waals surface area contributed by atoms with Crippen molar-refractivity contribution in [1.82, 2.24) is 15.5 Å². The predicted octanol–water partition coefficient (Wildman–Crippen LogP) is 0.809. The van der Waals surface area contributed by atoms with E-state index >= 15 is 0 Å². The monoisotopic (exact) mass is 227 g/mol. The lowest BCUT2D eigenvalue weighted by atomic mass is 10.2. The molecule has 0 radical (unpaired) electrons. The second-order valence-corrected chi connectivity index (χ2v) is 3.53. The van der Waals surface area contributed by atoms with Crippen LogP contribution >= 0.6 is 0 Å². The molecule has 0 saturated carbocycles. The molecule has 1 heterocycles. The van der Waals surface area contributed by atoms with E-state index < -0.39 is 0 Å². The quantitative estimate of drug-likeness (QED) is 0.725. The molecule has 0 aromatic carbocycles. The maximum atomic E-state index is 11.2. The van der Waals surface area contributed by atoms with Crippen LogP contribution in [-0.2, 0) is 16.1 Å². The summed E-state index contributed by atoms with van der Waals surface area (Å²) in [5, 5.41) is 6.77. The number of aryl methyl sites for hydroxylation is 1. The third-order valence-corrected chi connectivity index (χ3v) is 1.95. The minimum absolute atomic E-state index is 0.0197. The van der Waals surface area contributed by atoms with E-state index in [1.165, 1.54) is 0 Å². The van der Waals surface area contributed by atoms with Crippen LogP contribution in [0.1, 0.15) is 32.0 Å². The van der Waals surface area contributed by atoms with Crippen LogP contribution in [0.5, 0.6) is 0 Å². The molecule has 0 amide bonds. The molecule has 6 nitrogen and oxygen atoms in total. The smallest absolute Gasteiger partial charge is 0.307 e. The first kappa shape index (κ1) is 12.6. The number of nitrogens with zero attached hydrogens (tertiary/aromatic N) is 2. The number of hydrogen-bond donors (Lipinski definition) is 1. The molecule has 0 aliphatic rings. The SMILES string of the molecule is CCOC(=O)CC(C)NCc1nc(C)no1. The fraction of sp³-hybridized carbons (Fsp3) is 0.700. The van der Waals surface area contributed by atoms with Crippen LogP contribution in [0.4, 0.5) is 0 Å². The van der Waals surface area contributed by atoms with Gasteiger partial charge in [0.1, 0.15) is 0 Å². The van der Waals surface area contributed by atoms with Gasteiger partial charge in [-0.05, 0) is 20.8 Å². The molecule has 1 unspecified atom stereocenters. The minimum atomic E-state index is -0.204. The van der Waals surface area contributed by atoms with Gasteiger partial charge in [-0.25, -0.2) is 0 Å². The summed E-state index contributed by atoms with van der Waals surface area (Å²) in [4.78, 5) is 15.2. The fourth-order valence-corrected chi connectivity index (χ4v) is 1.22. The zero-order valence-electron chi connectivity index (χ0n) is 9.82. The highest BCUT2D eigenvalue weighted by atomic mass is 16.5. The third-order valence-electron chi connectivity index (χ3n) is 1.95. The molecule has 0 saturated heterocycles. The van der Waals surface area contributed by atoms with E-state index in [1.54, 1.807) is 13.8 Å². The van der Waals surface area contributed by atoms with Crippen molar-refractivity contribution in [2.24, 2.45) is 0 Å². The zero-order valence-corrected chi connectivity index (χ0v) is 9.82. The van der Waals surface area contributed by atoms with Crippen LogP contribution in [0.15, 0.2) is 4.52 Å². The van der Waals surface area contributed by atoms with Crippen molar-refractivity contribution in [2.45, 2.75) is 39.8 Å². The maximum Gasteiger partial charge on any atom is 0.307 e. The summed E-state index contributed by atoms with van der Waals surface area (Å²) in [6.07, 6.45) is 0.334. The first-order valence-corrected chi connectivity index (χ1v) is 5.30. The average Bonchev–Trinajstić information content (AvgIpc) is 2.61. The van der Waals surface area contributed by atoms with Gasteiger partial charge in [-0.15, -0.1) is 0 Å². The Bertz CT molecular complexity index is 338. The zero-order chi connectivity index (χ0) is 12.0. The maximum absolute atomic E-state index is 11.2. The largest absolute Gasteiger partial charge is 0.466 e. The van der Waals surface area contributed by atoms with Crippen LogP contribution in [0.3, 0.4) is 0 Å². The molecule has 0 aliphatic carbocycles. The molecule has 0 aliphatic heterocycles. The number of esters is 1. The van der Waals surface area contributed by atoms with Gasteiger partial charge in [0.2, 0.25) is 5.89 Å². The van der Waals surface area contributed by atoms with E-state index in [-0.39, 0.29) is 12.0 Å². The van der Waals surface area contributed by atoms with Crippen molar-refractivity contribution in [3.8, 4) is 0 Å². The van der Waals surface area contributed by atoms with Crippen LogP contribution < -0.4 is 5.32 Å². The first-order valence-electron chi connectivity index (χ1n) is 5.30. The van der Waals surface area contributed by atoms with Crippen molar-refractivity contribution in [3.63, 3.8) is 0 Å². The Hall–Kier alpha value is -1.43. The Morgan fingerprint density at radius 3 is 2.94 bits per heavy atom. The van der Waals surface area contributed by atoms with Crippen LogP contribution in [0.25, 0.3) is 0 Å². The second kappa shape index (κ2) is 6.22. The number of nitrogens with one attached hydrogen (secondary N) is 1. The molecule has 0 bridgehead atoms. The van der Waals surface area contributed by atoms with Crippen LogP contribution in [-0.4, -0.2) is 28.8 Å². The lowest BCUT2D eigenvalue weighted by Crippen LogP contribution is -2.28. The van der Waals surface area contributed by atoms with E-state index in [1.807, 2.05) is 6.92 Å². The number of carbonyl (C=O) groups is 1. The molecule has 90 valence electrons. The first-order chi connectivity index (χ1) is 7.61. The van der Waals surface area contributed by atoms with Gasteiger partial charge in [-0.3, -0.25) is 4.79 Å². The number of carbonyl (C=O) groups excluding carboxylic acids is 1. The number of ether oxygens (including phenoxy) is 1. The summed E-state index contributed by atoms with van der Waals surface area (Å²) >= 11 is 0. The summed E-state index contributed by atoms with van der Waals surface area (Å²) in [7, 11) is 0. The summed E-state index contributed by atoms with van der Waals surface area (Å²) in [5.41, 5.74) is 0. The Balaban J connectivity index is 2.24. The third kappa shape index (κ3) is 4.39. The molecule has 1 rings (SSSR count). The van der Waals surface area contributed by atoms with Gasteiger partial charge in [0.15, 0.2) is 5.82 Å². The summed E-state index contributed by atoms with van der Waals surface area (Å²) in [6, 6.07) is 0.0197. The van der Waals surface area contributed by atoms with E-state index in [4.69, 9.17) is 9.26 Å². The normalized spacial score (nSPS) is 12.4. The predicted molar refractivity (Wildman–Crippen MR) is 56.6 cm³/mol. The summed E-state index contributed by atoms with van der Waals surface area (Å²) in [6.45, 7) is 6.32. The Morgan fingerprint density at radius 2 is 2.38 bits per heavy atom. The van der Waals surface area contributed by atoms with Crippen molar-refractivity contribution in [1.29, 1.82) is 0 Å². The number of hydrogen-bond acceptors (Lipinski definition) is 6. The molecule has 16 heavy (non-hydrogen) atoms. The highest BCUT2D eigenvalue weighted by molar-refractivity contribution is 5.69. The van der Waals surface area contributed by atoms with E-state index in [0.717, 1.165) is 0 Å². The average molecular weight is 227 g/mol. The van der Waals surface area contributed by atoms with Crippen molar-refractivity contribution in [2.75, 3.05) is 6.61 Å². The van der Waals surface area contributed by atoms with Crippen molar-refractivity contribution >= 4 is 5.97 Å². The van der Waals surface area contributed by atoms with Crippen molar-refractivity contribution in [3.05, 3.63) is 11.7 Å². The summed E-state index contributed by atoms with van der Waals surface area (Å²) in [5.74, 6) is 0.923. The molecular weight excluding hydrogens is 210 g/mol. The van der Waals surface area contributed by atoms with Gasteiger partial charge in [-0.2, -0.15) is 4.98 Å². The van der Waals surface area contributed by atoms with E-state index in [2.05, 4.69) is 15.5 Å². The Labute approximate surface area is 94.4 Å². The Morgan fingerprint density at radius 1 is 1.62 bits per heavy atom. The fourth-order valence-electron chi connectivity index (χ4n) is 1.22. The molecular formula is C10H17N3O3. The van der Waals surface area contributed by atoms with Crippen LogP contribution in [0, 0.1) is 6.92 Å². The van der Waals surface area contributed by atoms with E-state index in [9.17, 15) is 4.79 Å². The van der Waals surface area contributed by atoms with Gasteiger partial charge in [0.05, 0.1) is 19.6 Å². The molecule has 1 atom stereocenters. The van der Waals surface area contributed by atoms with Gasteiger partial charge in [0.25, 0.3) is 0 Å². The number of rotatable bonds is 6. The molecule has 0 fully saturated rings. The molecule has 6 heteroatoms. The Kier molecular flexibility index (Phi) is 4.91. The highest BCUT2D eigenvalue weighted by Gasteiger charge is 2.10. The van der Waals surface area contributed by atoms with Gasteiger partial charge in [-0.1, -0.05) is 5.16 Å². The van der Waals surface area contributed by atoms with Gasteiger partial charge >= 0.3 is 5.97 Å². The second-order valence-electron chi connectivity index (χ2n) is 3.53. The lowest BCUT2D eigenvalue weighted by Gasteiger charge is -2.10. The van der Waals surface area contributed by atoms with Crippen molar-refractivity contribution < 1.29 is 14.1 Å². The molecule has 1 aromatic rings. The molecule has 1 N–H and O–H groups in total. The standard InChI is InChI=1S/C10H17N3O3/c1-4-15-10(14)5-7(2)11-6-9-12-8(3)13-16-9/h7,11H,4-6H2,1-3H3. The van der Waals surface area contributed by atoms with Gasteiger partial charge < -0.3 is 14.6 Å². The van der Waals surface area contributed by atoms with Crippen LogP contribution in [0.2, 0.25) is 0 Å². The molecule has 1 aromatic heterocycles. The highest BCUT2D eigenvalue weighted by Crippen LogP contribution is 1.98. The summed E-state index contributed by atoms with van der Waals surface area (Å²) < 4.78 is 9.77. The van der Waals surface area contributed by atoms with Gasteiger partial charge in [0, 0.05) is 6.04 Å². The van der Waals surface area contributed by atoms with E-state index in [0.29, 0.717) is 31.3 Å². The topological polar surface area (TPSA) is 77.2 Å². The molecule has 0 spiro atoms. The minimum Gasteiger partial charge on any atom is -0.466 e.